The average molecular weight is 320 g/mol. The number of anilines is 2. The third kappa shape index (κ3) is 3.32. The molecule has 0 aliphatic carbocycles. The van der Waals surface area contributed by atoms with Gasteiger partial charge in [0.15, 0.2) is 0 Å². The molecular weight excluding hydrogens is 306 g/mol. The quantitative estimate of drug-likeness (QED) is 0.911. The molecular formula is C14H14BrN3O. The number of halogens is 1. The van der Waals surface area contributed by atoms with E-state index in [4.69, 9.17) is 0 Å². The molecule has 19 heavy (non-hydrogen) atoms. The predicted molar refractivity (Wildman–Crippen MR) is 80.6 cm³/mol. The predicted octanol–water partition coefficient (Wildman–Crippen LogP) is 3.45. The molecule has 4 nitrogen and oxygen atoms in total. The molecule has 0 radical (unpaired) electrons. The number of aromatic nitrogens is 1. The van der Waals surface area contributed by atoms with Crippen molar-refractivity contribution < 1.29 is 4.79 Å². The Hall–Kier alpha value is -1.88. The lowest BCUT2D eigenvalue weighted by molar-refractivity contribution is 0.102. The van der Waals surface area contributed by atoms with E-state index >= 15 is 0 Å². The monoisotopic (exact) mass is 319 g/mol. The number of nitrogens with one attached hydrogen (secondary N) is 2. The van der Waals surface area contributed by atoms with E-state index in [-0.39, 0.29) is 5.91 Å². The van der Waals surface area contributed by atoms with Gasteiger partial charge in [-0.05, 0) is 52.7 Å². The Bertz CT molecular complexity index is 613. The number of aryl methyl sites for hydroxylation is 1. The van der Waals surface area contributed by atoms with Gasteiger partial charge >= 0.3 is 0 Å². The SMILES string of the molecule is CNc1cccc(C(=O)Nc2ccc(C)cc2Br)n1. The summed E-state index contributed by atoms with van der Waals surface area (Å²) in [6.45, 7) is 1.99. The first-order chi connectivity index (χ1) is 9.10. The molecule has 98 valence electrons. The van der Waals surface area contributed by atoms with Gasteiger partial charge in [-0.3, -0.25) is 4.79 Å². The molecule has 0 saturated heterocycles. The summed E-state index contributed by atoms with van der Waals surface area (Å²) in [5.74, 6) is 0.428. The first kappa shape index (κ1) is 13.5. The lowest BCUT2D eigenvalue weighted by Gasteiger charge is -2.08. The summed E-state index contributed by atoms with van der Waals surface area (Å²) in [7, 11) is 1.76. The number of nitrogens with zero attached hydrogens (tertiary/aromatic N) is 1. The minimum absolute atomic E-state index is 0.235. The number of rotatable bonds is 3. The largest absolute Gasteiger partial charge is 0.373 e. The highest BCUT2D eigenvalue weighted by Crippen LogP contribution is 2.23. The molecule has 1 aromatic carbocycles. The topological polar surface area (TPSA) is 54.0 Å². The summed E-state index contributed by atoms with van der Waals surface area (Å²) in [6, 6.07) is 11.0. The van der Waals surface area contributed by atoms with Gasteiger partial charge in [-0.2, -0.15) is 0 Å². The van der Waals surface area contributed by atoms with Gasteiger partial charge in [0.1, 0.15) is 11.5 Å². The van der Waals surface area contributed by atoms with Crippen LogP contribution in [0.5, 0.6) is 0 Å². The summed E-state index contributed by atoms with van der Waals surface area (Å²) < 4.78 is 0.852. The van der Waals surface area contributed by atoms with Crippen LogP contribution in [0.4, 0.5) is 11.5 Å². The number of hydrogen-bond donors (Lipinski definition) is 2. The highest BCUT2D eigenvalue weighted by Gasteiger charge is 2.10. The third-order valence-corrected chi connectivity index (χ3v) is 3.27. The number of benzene rings is 1. The Kier molecular flexibility index (Phi) is 4.16. The molecule has 1 amide bonds. The van der Waals surface area contributed by atoms with Crippen molar-refractivity contribution in [2.24, 2.45) is 0 Å². The van der Waals surface area contributed by atoms with Crippen LogP contribution in [-0.4, -0.2) is 17.9 Å². The summed E-state index contributed by atoms with van der Waals surface area (Å²) in [5, 5.41) is 5.73. The molecule has 1 heterocycles. The van der Waals surface area contributed by atoms with E-state index in [0.29, 0.717) is 11.5 Å². The van der Waals surface area contributed by atoms with Crippen molar-refractivity contribution in [2.75, 3.05) is 17.7 Å². The van der Waals surface area contributed by atoms with Crippen molar-refractivity contribution in [3.63, 3.8) is 0 Å². The van der Waals surface area contributed by atoms with Gasteiger partial charge < -0.3 is 10.6 Å². The Balaban J connectivity index is 2.20. The van der Waals surface area contributed by atoms with Crippen LogP contribution in [0.1, 0.15) is 16.1 Å². The Morgan fingerprint density at radius 2 is 2.05 bits per heavy atom. The second-order valence-corrected chi connectivity index (χ2v) is 4.95. The van der Waals surface area contributed by atoms with Gasteiger partial charge in [0.25, 0.3) is 5.91 Å². The summed E-state index contributed by atoms with van der Waals surface area (Å²) in [6.07, 6.45) is 0. The maximum Gasteiger partial charge on any atom is 0.274 e. The van der Waals surface area contributed by atoms with Crippen molar-refractivity contribution in [3.8, 4) is 0 Å². The van der Waals surface area contributed by atoms with E-state index in [9.17, 15) is 4.79 Å². The molecule has 0 unspecified atom stereocenters. The fourth-order valence-corrected chi connectivity index (χ4v) is 2.20. The van der Waals surface area contributed by atoms with E-state index in [1.54, 1.807) is 25.2 Å². The van der Waals surface area contributed by atoms with Crippen LogP contribution in [0, 0.1) is 6.92 Å². The lowest BCUT2D eigenvalue weighted by atomic mass is 10.2. The van der Waals surface area contributed by atoms with Crippen molar-refractivity contribution in [2.45, 2.75) is 6.92 Å². The van der Waals surface area contributed by atoms with Crippen molar-refractivity contribution in [1.29, 1.82) is 0 Å². The van der Waals surface area contributed by atoms with Gasteiger partial charge in [-0.15, -0.1) is 0 Å². The minimum Gasteiger partial charge on any atom is -0.373 e. The molecule has 0 spiro atoms. The second-order valence-electron chi connectivity index (χ2n) is 4.10. The van der Waals surface area contributed by atoms with Crippen LogP contribution in [-0.2, 0) is 0 Å². The molecule has 5 heteroatoms. The fourth-order valence-electron chi connectivity index (χ4n) is 1.61. The van der Waals surface area contributed by atoms with Crippen LogP contribution in [0.2, 0.25) is 0 Å². The summed E-state index contributed by atoms with van der Waals surface area (Å²) in [5.41, 5.74) is 2.23. The zero-order valence-corrected chi connectivity index (χ0v) is 12.3. The average Bonchev–Trinajstić information content (AvgIpc) is 2.42. The maximum absolute atomic E-state index is 12.1. The third-order valence-electron chi connectivity index (χ3n) is 2.61. The van der Waals surface area contributed by atoms with E-state index in [1.807, 2.05) is 25.1 Å². The zero-order chi connectivity index (χ0) is 13.8. The molecule has 0 fully saturated rings. The molecule has 0 saturated carbocycles. The Labute approximate surface area is 120 Å². The van der Waals surface area contributed by atoms with Gasteiger partial charge in [0.05, 0.1) is 5.69 Å². The first-order valence-electron chi connectivity index (χ1n) is 5.82. The van der Waals surface area contributed by atoms with Crippen molar-refractivity contribution >= 4 is 33.3 Å². The Morgan fingerprint density at radius 3 is 2.74 bits per heavy atom. The molecule has 2 aromatic rings. The highest BCUT2D eigenvalue weighted by molar-refractivity contribution is 9.10. The second kappa shape index (κ2) is 5.84. The molecule has 2 N–H and O–H groups in total. The first-order valence-corrected chi connectivity index (χ1v) is 6.62. The Morgan fingerprint density at radius 1 is 1.26 bits per heavy atom. The lowest BCUT2D eigenvalue weighted by Crippen LogP contribution is -2.14. The molecule has 2 rings (SSSR count). The van der Waals surface area contributed by atoms with Crippen LogP contribution in [0.15, 0.2) is 40.9 Å². The van der Waals surface area contributed by atoms with Crippen LogP contribution < -0.4 is 10.6 Å². The molecule has 0 aliphatic rings. The summed E-state index contributed by atoms with van der Waals surface area (Å²) >= 11 is 3.43. The number of hydrogen-bond acceptors (Lipinski definition) is 3. The maximum atomic E-state index is 12.1. The van der Waals surface area contributed by atoms with Crippen LogP contribution in [0.25, 0.3) is 0 Å². The molecule has 0 atom stereocenters. The number of amides is 1. The van der Waals surface area contributed by atoms with E-state index in [1.165, 1.54) is 0 Å². The van der Waals surface area contributed by atoms with E-state index in [0.717, 1.165) is 15.7 Å². The standard InChI is InChI=1S/C14H14BrN3O/c1-9-6-7-11(10(15)8-9)18-14(19)12-4-3-5-13(16-2)17-12/h3-8H,1-2H3,(H,16,17)(H,18,19). The van der Waals surface area contributed by atoms with Crippen LogP contribution >= 0.6 is 15.9 Å². The number of carbonyl (C=O) groups excluding carboxylic acids is 1. The van der Waals surface area contributed by atoms with Crippen molar-refractivity contribution in [1.82, 2.24) is 4.98 Å². The van der Waals surface area contributed by atoms with Gasteiger partial charge in [-0.1, -0.05) is 12.1 Å². The van der Waals surface area contributed by atoms with Gasteiger partial charge in [0, 0.05) is 11.5 Å². The van der Waals surface area contributed by atoms with Crippen LogP contribution in [0.3, 0.4) is 0 Å². The molecule has 0 bridgehead atoms. The van der Waals surface area contributed by atoms with E-state index in [2.05, 4.69) is 31.5 Å². The van der Waals surface area contributed by atoms with Gasteiger partial charge in [0.2, 0.25) is 0 Å². The number of pyridine rings is 1. The van der Waals surface area contributed by atoms with Gasteiger partial charge in [-0.25, -0.2) is 4.98 Å². The highest BCUT2D eigenvalue weighted by atomic mass is 79.9. The van der Waals surface area contributed by atoms with Crippen molar-refractivity contribution in [3.05, 3.63) is 52.1 Å². The molecule has 1 aromatic heterocycles. The summed E-state index contributed by atoms with van der Waals surface area (Å²) in [4.78, 5) is 16.3. The molecule has 0 aliphatic heterocycles. The van der Waals surface area contributed by atoms with E-state index < -0.39 is 0 Å². The number of carbonyl (C=O) groups is 1. The smallest absolute Gasteiger partial charge is 0.274 e. The minimum atomic E-state index is -0.235. The fraction of sp³-hybridized carbons (Fsp3) is 0.143. The normalized spacial score (nSPS) is 10.1. The zero-order valence-electron chi connectivity index (χ0n) is 10.7.